The normalized spacial score (nSPS) is 10.9. The van der Waals surface area contributed by atoms with Crippen LogP contribution in [-0.4, -0.2) is 15.0 Å². The second-order valence-corrected chi connectivity index (χ2v) is 8.11. The summed E-state index contributed by atoms with van der Waals surface area (Å²) in [4.78, 5) is 14.8. The summed E-state index contributed by atoms with van der Waals surface area (Å²) in [6.45, 7) is 0. The molecule has 0 fully saturated rings. The predicted molar refractivity (Wildman–Crippen MR) is 139 cm³/mol. The van der Waals surface area contributed by atoms with Gasteiger partial charge in [0.2, 0.25) is 0 Å². The largest absolute Gasteiger partial charge is 0.208 e. The topological polar surface area (TPSA) is 38.7 Å². The SMILES string of the molecule is c1ccc(-c2nc(-c3ccccc3)nc(-c3ccc4ccccc4c3-c3ccccc3)n2)cc1. The summed E-state index contributed by atoms with van der Waals surface area (Å²) in [5.74, 6) is 1.99. The number of rotatable bonds is 4. The van der Waals surface area contributed by atoms with Crippen molar-refractivity contribution < 1.29 is 0 Å². The summed E-state index contributed by atoms with van der Waals surface area (Å²) >= 11 is 0. The van der Waals surface area contributed by atoms with E-state index in [1.807, 2.05) is 66.7 Å². The number of aromatic nitrogens is 3. The second-order valence-electron chi connectivity index (χ2n) is 8.11. The monoisotopic (exact) mass is 435 g/mol. The molecule has 3 nitrogen and oxygen atoms in total. The molecule has 6 aromatic rings. The van der Waals surface area contributed by atoms with Crippen LogP contribution >= 0.6 is 0 Å². The van der Waals surface area contributed by atoms with Gasteiger partial charge in [0.1, 0.15) is 0 Å². The smallest absolute Gasteiger partial charge is 0.164 e. The molecular weight excluding hydrogens is 414 g/mol. The summed E-state index contributed by atoms with van der Waals surface area (Å²) in [6, 6.07) is 43.4. The number of fused-ring (bicyclic) bond motifs is 1. The Morgan fingerprint density at radius 1 is 0.353 bits per heavy atom. The minimum Gasteiger partial charge on any atom is -0.208 e. The Balaban J connectivity index is 1.66. The number of hydrogen-bond donors (Lipinski definition) is 0. The second kappa shape index (κ2) is 8.72. The van der Waals surface area contributed by atoms with Gasteiger partial charge in [0.25, 0.3) is 0 Å². The molecule has 0 aliphatic rings. The third kappa shape index (κ3) is 3.74. The van der Waals surface area contributed by atoms with Gasteiger partial charge in [-0.2, -0.15) is 0 Å². The first-order valence-electron chi connectivity index (χ1n) is 11.3. The fourth-order valence-electron chi connectivity index (χ4n) is 4.30. The molecule has 6 rings (SSSR count). The Morgan fingerprint density at radius 2 is 0.824 bits per heavy atom. The van der Waals surface area contributed by atoms with Crippen LogP contribution in [0, 0.1) is 0 Å². The Hall–Kier alpha value is -4.63. The van der Waals surface area contributed by atoms with Crippen LogP contribution in [0.2, 0.25) is 0 Å². The molecule has 1 heterocycles. The van der Waals surface area contributed by atoms with Crippen molar-refractivity contribution in [1.82, 2.24) is 15.0 Å². The molecule has 1 aromatic heterocycles. The highest BCUT2D eigenvalue weighted by atomic mass is 15.0. The Bertz CT molecular complexity index is 1520. The lowest BCUT2D eigenvalue weighted by atomic mass is 9.93. The fourth-order valence-corrected chi connectivity index (χ4v) is 4.30. The van der Waals surface area contributed by atoms with Gasteiger partial charge < -0.3 is 0 Å². The van der Waals surface area contributed by atoms with Crippen LogP contribution in [0.5, 0.6) is 0 Å². The van der Waals surface area contributed by atoms with E-state index >= 15 is 0 Å². The lowest BCUT2D eigenvalue weighted by molar-refractivity contribution is 1.07. The highest BCUT2D eigenvalue weighted by Crippen LogP contribution is 2.37. The first-order chi connectivity index (χ1) is 16.9. The molecule has 0 bridgehead atoms. The standard InChI is InChI=1S/C31H21N3/c1-4-13-23(14-5-1)28-26-19-11-10-12-22(26)20-21-27(28)31-33-29(24-15-6-2-7-16-24)32-30(34-31)25-17-8-3-9-18-25/h1-21H. The van der Waals surface area contributed by atoms with Crippen LogP contribution in [0.1, 0.15) is 0 Å². The summed E-state index contributed by atoms with van der Waals surface area (Å²) in [6.07, 6.45) is 0. The molecule has 0 N–H and O–H groups in total. The van der Waals surface area contributed by atoms with Crippen molar-refractivity contribution in [2.45, 2.75) is 0 Å². The first-order valence-corrected chi connectivity index (χ1v) is 11.3. The minimum atomic E-state index is 0.664. The van der Waals surface area contributed by atoms with Crippen LogP contribution in [0.4, 0.5) is 0 Å². The maximum absolute atomic E-state index is 4.97. The Labute approximate surface area is 198 Å². The van der Waals surface area contributed by atoms with Crippen molar-refractivity contribution in [2.24, 2.45) is 0 Å². The Morgan fingerprint density at radius 3 is 1.41 bits per heavy atom. The highest BCUT2D eigenvalue weighted by molar-refractivity contribution is 6.03. The lowest BCUT2D eigenvalue weighted by Crippen LogP contribution is -2.01. The van der Waals surface area contributed by atoms with Crippen LogP contribution in [-0.2, 0) is 0 Å². The molecule has 0 atom stereocenters. The summed E-state index contributed by atoms with van der Waals surface area (Å²) in [5.41, 5.74) is 5.18. The maximum Gasteiger partial charge on any atom is 0.164 e. The van der Waals surface area contributed by atoms with Crippen molar-refractivity contribution in [2.75, 3.05) is 0 Å². The van der Waals surface area contributed by atoms with Gasteiger partial charge in [-0.3, -0.25) is 0 Å². The predicted octanol–water partition coefficient (Wildman–Crippen LogP) is 7.69. The van der Waals surface area contributed by atoms with Gasteiger partial charge in [0.15, 0.2) is 17.5 Å². The van der Waals surface area contributed by atoms with Crippen molar-refractivity contribution >= 4 is 10.8 Å². The number of nitrogens with zero attached hydrogens (tertiary/aromatic N) is 3. The molecule has 0 spiro atoms. The van der Waals surface area contributed by atoms with Crippen LogP contribution in [0.15, 0.2) is 127 Å². The Kier molecular flexibility index (Phi) is 5.13. The maximum atomic E-state index is 4.97. The van der Waals surface area contributed by atoms with Crippen LogP contribution in [0.25, 0.3) is 56.1 Å². The zero-order valence-electron chi connectivity index (χ0n) is 18.5. The lowest BCUT2D eigenvalue weighted by Gasteiger charge is -2.14. The van der Waals surface area contributed by atoms with E-state index in [2.05, 4.69) is 60.7 Å². The molecule has 0 aliphatic carbocycles. The van der Waals surface area contributed by atoms with Gasteiger partial charge in [0, 0.05) is 22.3 Å². The third-order valence-corrected chi connectivity index (χ3v) is 5.93. The van der Waals surface area contributed by atoms with Gasteiger partial charge in [-0.1, -0.05) is 121 Å². The molecule has 0 saturated carbocycles. The van der Waals surface area contributed by atoms with Crippen molar-refractivity contribution in [3.8, 4) is 45.3 Å². The summed E-state index contributed by atoms with van der Waals surface area (Å²) in [5, 5.41) is 2.36. The van der Waals surface area contributed by atoms with Gasteiger partial charge in [-0.05, 0) is 22.4 Å². The molecule has 34 heavy (non-hydrogen) atoms. The average Bonchev–Trinajstić information content (AvgIpc) is 2.93. The van der Waals surface area contributed by atoms with E-state index in [-0.39, 0.29) is 0 Å². The first kappa shape index (κ1) is 20.0. The van der Waals surface area contributed by atoms with Gasteiger partial charge in [0.05, 0.1) is 0 Å². The molecule has 0 amide bonds. The van der Waals surface area contributed by atoms with E-state index in [0.29, 0.717) is 17.5 Å². The van der Waals surface area contributed by atoms with E-state index in [4.69, 9.17) is 15.0 Å². The van der Waals surface area contributed by atoms with E-state index in [0.717, 1.165) is 27.8 Å². The molecule has 0 unspecified atom stereocenters. The average molecular weight is 436 g/mol. The molecule has 0 aliphatic heterocycles. The number of hydrogen-bond acceptors (Lipinski definition) is 3. The molecule has 3 heteroatoms. The summed E-state index contributed by atoms with van der Waals surface area (Å²) < 4.78 is 0. The zero-order valence-corrected chi connectivity index (χ0v) is 18.5. The van der Waals surface area contributed by atoms with Crippen molar-refractivity contribution in [3.05, 3.63) is 127 Å². The number of benzene rings is 5. The van der Waals surface area contributed by atoms with E-state index in [9.17, 15) is 0 Å². The quantitative estimate of drug-likeness (QED) is 0.285. The highest BCUT2D eigenvalue weighted by Gasteiger charge is 2.17. The van der Waals surface area contributed by atoms with E-state index < -0.39 is 0 Å². The van der Waals surface area contributed by atoms with E-state index in [1.165, 1.54) is 10.8 Å². The van der Waals surface area contributed by atoms with Crippen molar-refractivity contribution in [3.63, 3.8) is 0 Å². The molecule has 0 saturated heterocycles. The van der Waals surface area contributed by atoms with Gasteiger partial charge in [-0.25, -0.2) is 15.0 Å². The van der Waals surface area contributed by atoms with E-state index in [1.54, 1.807) is 0 Å². The molecule has 160 valence electrons. The third-order valence-electron chi connectivity index (χ3n) is 5.93. The zero-order chi connectivity index (χ0) is 22.7. The fraction of sp³-hybridized carbons (Fsp3) is 0. The van der Waals surface area contributed by atoms with Crippen LogP contribution in [0.3, 0.4) is 0 Å². The van der Waals surface area contributed by atoms with Gasteiger partial charge >= 0.3 is 0 Å². The summed E-state index contributed by atoms with van der Waals surface area (Å²) in [7, 11) is 0. The molecule has 0 radical (unpaired) electrons. The van der Waals surface area contributed by atoms with Crippen LogP contribution < -0.4 is 0 Å². The van der Waals surface area contributed by atoms with Gasteiger partial charge in [-0.15, -0.1) is 0 Å². The molecule has 5 aromatic carbocycles. The van der Waals surface area contributed by atoms with Crippen molar-refractivity contribution in [1.29, 1.82) is 0 Å². The minimum absolute atomic E-state index is 0.664. The molecular formula is C31H21N3.